The fraction of sp³-hybridized carbons (Fsp3) is 0.200. The molecular weight excluding hydrogens is 212 g/mol. The highest BCUT2D eigenvalue weighted by Gasteiger charge is 2.13. The zero-order chi connectivity index (χ0) is 11.7. The molecule has 0 spiro atoms. The van der Waals surface area contributed by atoms with Crippen LogP contribution in [0, 0.1) is 0 Å². The quantitative estimate of drug-likeness (QED) is 0.703. The maximum absolute atomic E-state index is 11.4. The average molecular weight is 222 g/mol. The summed E-state index contributed by atoms with van der Waals surface area (Å²) >= 11 is 0. The standard InChI is InChI=1S/C10H10N2O4/c1-16-8(13)5-7-10(15)11-9(14)6-3-2-4-12(6)7/h2-4,15H,5H2,1H3,(H,11,14). The lowest BCUT2D eigenvalue weighted by Gasteiger charge is -2.06. The highest BCUT2D eigenvalue weighted by Crippen LogP contribution is 2.14. The van der Waals surface area contributed by atoms with E-state index in [2.05, 4.69) is 9.72 Å². The van der Waals surface area contributed by atoms with Gasteiger partial charge in [-0.05, 0) is 12.1 Å². The van der Waals surface area contributed by atoms with Crippen molar-refractivity contribution in [3.63, 3.8) is 0 Å². The third kappa shape index (κ3) is 1.54. The van der Waals surface area contributed by atoms with E-state index < -0.39 is 11.5 Å². The van der Waals surface area contributed by atoms with Crippen LogP contribution < -0.4 is 5.56 Å². The normalized spacial score (nSPS) is 10.6. The van der Waals surface area contributed by atoms with Crippen molar-refractivity contribution in [1.29, 1.82) is 0 Å². The molecule has 0 aliphatic rings. The number of rotatable bonds is 2. The van der Waals surface area contributed by atoms with Gasteiger partial charge in [0, 0.05) is 6.20 Å². The molecule has 0 amide bonds. The van der Waals surface area contributed by atoms with Gasteiger partial charge in [0.2, 0.25) is 5.88 Å². The van der Waals surface area contributed by atoms with Gasteiger partial charge in [-0.3, -0.25) is 14.6 Å². The first-order chi connectivity index (χ1) is 7.63. The van der Waals surface area contributed by atoms with Crippen LogP contribution in [0.2, 0.25) is 0 Å². The van der Waals surface area contributed by atoms with E-state index in [1.165, 1.54) is 11.5 Å². The Bertz CT molecular complexity index is 596. The van der Waals surface area contributed by atoms with Crippen LogP contribution in [0.3, 0.4) is 0 Å². The number of methoxy groups -OCH3 is 1. The Morgan fingerprint density at radius 1 is 1.62 bits per heavy atom. The summed E-state index contributed by atoms with van der Waals surface area (Å²) in [6.45, 7) is 0. The second kappa shape index (κ2) is 3.73. The zero-order valence-corrected chi connectivity index (χ0v) is 8.56. The number of hydrogen-bond donors (Lipinski definition) is 2. The number of carbonyl (C=O) groups excluding carboxylic acids is 1. The molecule has 0 fully saturated rings. The highest BCUT2D eigenvalue weighted by molar-refractivity contribution is 5.73. The first-order valence-corrected chi connectivity index (χ1v) is 4.61. The molecule has 0 unspecified atom stereocenters. The highest BCUT2D eigenvalue weighted by atomic mass is 16.5. The van der Waals surface area contributed by atoms with Gasteiger partial charge in [0.1, 0.15) is 5.52 Å². The molecule has 2 heterocycles. The molecule has 0 aliphatic carbocycles. The maximum atomic E-state index is 11.4. The molecule has 2 N–H and O–H groups in total. The van der Waals surface area contributed by atoms with Gasteiger partial charge >= 0.3 is 5.97 Å². The topological polar surface area (TPSA) is 83.8 Å². The zero-order valence-electron chi connectivity index (χ0n) is 8.56. The summed E-state index contributed by atoms with van der Waals surface area (Å²) in [6, 6.07) is 3.25. The third-order valence-corrected chi connectivity index (χ3v) is 2.32. The molecule has 2 rings (SSSR count). The molecule has 6 nitrogen and oxygen atoms in total. The fourth-order valence-corrected chi connectivity index (χ4v) is 1.54. The number of ether oxygens (including phenoxy) is 1. The largest absolute Gasteiger partial charge is 0.493 e. The predicted molar refractivity (Wildman–Crippen MR) is 55.4 cm³/mol. The molecule has 6 heteroatoms. The Morgan fingerprint density at radius 3 is 3.06 bits per heavy atom. The molecule has 0 saturated carbocycles. The number of hydrogen-bond acceptors (Lipinski definition) is 4. The van der Waals surface area contributed by atoms with Crippen LogP contribution in [0.4, 0.5) is 0 Å². The monoisotopic (exact) mass is 222 g/mol. The molecule has 0 aliphatic heterocycles. The number of aromatic amines is 1. The average Bonchev–Trinajstić information content (AvgIpc) is 2.73. The van der Waals surface area contributed by atoms with E-state index >= 15 is 0 Å². The Labute approximate surface area is 90.1 Å². The maximum Gasteiger partial charge on any atom is 0.311 e. The Kier molecular flexibility index (Phi) is 2.40. The summed E-state index contributed by atoms with van der Waals surface area (Å²) in [7, 11) is 1.26. The predicted octanol–water partition coefficient (Wildman–Crippen LogP) is 0.0487. The van der Waals surface area contributed by atoms with Crippen molar-refractivity contribution < 1.29 is 14.6 Å². The van der Waals surface area contributed by atoms with E-state index in [1.807, 2.05) is 0 Å². The van der Waals surface area contributed by atoms with Gasteiger partial charge in [0.05, 0.1) is 19.2 Å². The van der Waals surface area contributed by atoms with Gasteiger partial charge in [-0.15, -0.1) is 0 Å². The van der Waals surface area contributed by atoms with Crippen molar-refractivity contribution in [2.45, 2.75) is 6.42 Å². The van der Waals surface area contributed by atoms with E-state index in [0.717, 1.165) is 0 Å². The minimum atomic E-state index is -0.489. The van der Waals surface area contributed by atoms with E-state index in [4.69, 9.17) is 0 Å². The molecule has 16 heavy (non-hydrogen) atoms. The van der Waals surface area contributed by atoms with Crippen LogP contribution in [0.25, 0.3) is 5.52 Å². The lowest BCUT2D eigenvalue weighted by Crippen LogP contribution is -2.15. The summed E-state index contributed by atoms with van der Waals surface area (Å²) in [5.41, 5.74) is 0.263. The molecule has 0 atom stereocenters. The molecule has 0 radical (unpaired) electrons. The van der Waals surface area contributed by atoms with E-state index in [1.54, 1.807) is 18.3 Å². The second-order valence-corrected chi connectivity index (χ2v) is 3.27. The van der Waals surface area contributed by atoms with Crippen LogP contribution in [-0.4, -0.2) is 27.6 Å². The molecule has 2 aromatic rings. The number of nitrogens with one attached hydrogen (secondary N) is 1. The van der Waals surface area contributed by atoms with Crippen molar-refractivity contribution in [2.75, 3.05) is 7.11 Å². The van der Waals surface area contributed by atoms with Crippen molar-refractivity contribution in [3.05, 3.63) is 34.4 Å². The van der Waals surface area contributed by atoms with Crippen molar-refractivity contribution in [2.24, 2.45) is 0 Å². The van der Waals surface area contributed by atoms with Gasteiger partial charge in [0.25, 0.3) is 5.56 Å². The molecule has 2 aromatic heterocycles. The van der Waals surface area contributed by atoms with E-state index in [9.17, 15) is 14.7 Å². The lowest BCUT2D eigenvalue weighted by molar-refractivity contribution is -0.139. The van der Waals surface area contributed by atoms with Crippen LogP contribution in [-0.2, 0) is 16.0 Å². The summed E-state index contributed by atoms with van der Waals surface area (Å²) in [6.07, 6.45) is 1.49. The van der Waals surface area contributed by atoms with E-state index in [-0.39, 0.29) is 12.3 Å². The smallest absolute Gasteiger partial charge is 0.311 e. The summed E-state index contributed by atoms with van der Waals surface area (Å²) in [5.74, 6) is -0.809. The SMILES string of the molecule is COC(=O)Cc1c(O)[nH]c(=O)c2cccn12. The summed E-state index contributed by atoms with van der Waals surface area (Å²) in [4.78, 5) is 24.8. The molecule has 0 bridgehead atoms. The summed E-state index contributed by atoms with van der Waals surface area (Å²) in [5, 5.41) is 9.57. The number of esters is 1. The Balaban J connectivity index is 2.63. The van der Waals surface area contributed by atoms with Crippen LogP contribution >= 0.6 is 0 Å². The van der Waals surface area contributed by atoms with Crippen molar-refractivity contribution >= 4 is 11.5 Å². The van der Waals surface area contributed by atoms with Crippen molar-refractivity contribution in [1.82, 2.24) is 9.38 Å². The van der Waals surface area contributed by atoms with Crippen LogP contribution in [0.5, 0.6) is 5.88 Å². The van der Waals surface area contributed by atoms with Gasteiger partial charge in [-0.1, -0.05) is 0 Å². The third-order valence-electron chi connectivity index (χ3n) is 2.32. The number of fused-ring (bicyclic) bond motifs is 1. The Morgan fingerprint density at radius 2 is 2.38 bits per heavy atom. The van der Waals surface area contributed by atoms with Crippen LogP contribution in [0.15, 0.2) is 23.1 Å². The first kappa shape index (κ1) is 10.3. The number of H-pyrrole nitrogens is 1. The minimum absolute atomic E-state index is 0.107. The number of carbonyl (C=O) groups is 1. The molecule has 0 aromatic carbocycles. The van der Waals surface area contributed by atoms with Gasteiger partial charge in [-0.25, -0.2) is 0 Å². The van der Waals surface area contributed by atoms with Gasteiger partial charge in [-0.2, -0.15) is 0 Å². The number of nitrogens with zero attached hydrogens (tertiary/aromatic N) is 1. The molecular formula is C10H10N2O4. The number of aromatic nitrogens is 2. The fourth-order valence-electron chi connectivity index (χ4n) is 1.54. The van der Waals surface area contributed by atoms with Crippen molar-refractivity contribution in [3.8, 4) is 5.88 Å². The Hall–Kier alpha value is -2.24. The molecule has 84 valence electrons. The van der Waals surface area contributed by atoms with Crippen LogP contribution in [0.1, 0.15) is 5.69 Å². The van der Waals surface area contributed by atoms with Gasteiger partial charge in [0.15, 0.2) is 0 Å². The van der Waals surface area contributed by atoms with Gasteiger partial charge < -0.3 is 14.2 Å². The minimum Gasteiger partial charge on any atom is -0.493 e. The molecule has 0 saturated heterocycles. The second-order valence-electron chi connectivity index (χ2n) is 3.27. The number of aromatic hydroxyl groups is 1. The van der Waals surface area contributed by atoms with E-state index in [0.29, 0.717) is 11.2 Å². The summed E-state index contributed by atoms with van der Waals surface area (Å²) < 4.78 is 5.97. The lowest BCUT2D eigenvalue weighted by atomic mass is 10.3. The first-order valence-electron chi connectivity index (χ1n) is 4.61.